The maximum absolute atomic E-state index is 12.9. The number of hydrogen-bond donors (Lipinski definition) is 0. The van der Waals surface area contributed by atoms with Gasteiger partial charge in [-0.25, -0.2) is 8.42 Å². The smallest absolute Gasteiger partial charge is 0.264 e. The summed E-state index contributed by atoms with van der Waals surface area (Å²) in [5.74, 6) is 0. The van der Waals surface area contributed by atoms with E-state index in [1.807, 2.05) is 39.1 Å². The lowest BCUT2D eigenvalue weighted by Gasteiger charge is -2.23. The number of nitrogens with zero attached hydrogens (tertiary/aromatic N) is 2. The maximum Gasteiger partial charge on any atom is 0.264 e. The lowest BCUT2D eigenvalue weighted by atomic mass is 10.1. The van der Waals surface area contributed by atoms with Crippen molar-refractivity contribution in [2.45, 2.75) is 25.2 Å². The molecule has 0 aromatic heterocycles. The predicted molar refractivity (Wildman–Crippen MR) is 94.9 cm³/mol. The normalized spacial score (nSPS) is 14.0. The molecule has 0 N–H and O–H groups in total. The van der Waals surface area contributed by atoms with Crippen molar-refractivity contribution in [2.75, 3.05) is 29.8 Å². The Morgan fingerprint density at radius 1 is 1.04 bits per heavy atom. The molecule has 0 bridgehead atoms. The number of aryl methyl sites for hydroxylation is 2. The summed E-state index contributed by atoms with van der Waals surface area (Å²) in [6.07, 6.45) is 0.870. The fourth-order valence-electron chi connectivity index (χ4n) is 3.05. The van der Waals surface area contributed by atoms with Gasteiger partial charge in [-0.3, -0.25) is 4.31 Å². The van der Waals surface area contributed by atoms with Crippen molar-refractivity contribution >= 4 is 21.4 Å². The van der Waals surface area contributed by atoms with Gasteiger partial charge in [0.05, 0.1) is 10.6 Å². The number of sulfonamides is 1. The molecule has 0 atom stereocenters. The molecule has 1 heterocycles. The minimum atomic E-state index is -3.55. The van der Waals surface area contributed by atoms with Crippen LogP contribution < -0.4 is 9.21 Å². The third kappa shape index (κ3) is 2.70. The van der Waals surface area contributed by atoms with Gasteiger partial charge in [0.15, 0.2) is 0 Å². The van der Waals surface area contributed by atoms with Crippen LogP contribution in [0.1, 0.15) is 16.7 Å². The minimum Gasteiger partial charge on any atom is -0.374 e. The van der Waals surface area contributed by atoms with Crippen LogP contribution in [-0.2, 0) is 16.4 Å². The van der Waals surface area contributed by atoms with Gasteiger partial charge in [-0.2, -0.15) is 0 Å². The summed E-state index contributed by atoms with van der Waals surface area (Å²) < 4.78 is 27.3. The first-order valence-corrected chi connectivity index (χ1v) is 9.15. The van der Waals surface area contributed by atoms with Crippen LogP contribution in [0.3, 0.4) is 0 Å². The molecule has 0 aliphatic carbocycles. The number of likely N-dealkylation sites (N-methyl/N-ethyl adjacent to an activating group) is 1. The largest absolute Gasteiger partial charge is 0.374 e. The van der Waals surface area contributed by atoms with E-state index in [2.05, 4.69) is 11.0 Å². The van der Waals surface area contributed by atoms with E-state index in [0.717, 1.165) is 41.0 Å². The highest BCUT2D eigenvalue weighted by Crippen LogP contribution is 2.37. The number of rotatable bonds is 3. The molecule has 0 saturated carbocycles. The molecule has 3 rings (SSSR count). The molecule has 0 amide bonds. The minimum absolute atomic E-state index is 0.326. The Morgan fingerprint density at radius 3 is 2.35 bits per heavy atom. The van der Waals surface area contributed by atoms with E-state index in [1.165, 1.54) is 4.31 Å². The van der Waals surface area contributed by atoms with Crippen LogP contribution >= 0.6 is 0 Å². The molecule has 0 radical (unpaired) electrons. The second kappa shape index (κ2) is 5.57. The first-order valence-electron chi connectivity index (χ1n) is 7.71. The first kappa shape index (κ1) is 15.9. The van der Waals surface area contributed by atoms with Crippen molar-refractivity contribution in [1.29, 1.82) is 0 Å². The zero-order chi connectivity index (χ0) is 16.8. The van der Waals surface area contributed by atoms with Gasteiger partial charge in [0.2, 0.25) is 0 Å². The summed E-state index contributed by atoms with van der Waals surface area (Å²) >= 11 is 0. The highest BCUT2D eigenvalue weighted by atomic mass is 32.2. The van der Waals surface area contributed by atoms with E-state index in [9.17, 15) is 8.42 Å². The maximum atomic E-state index is 12.9. The molecule has 2 aromatic carbocycles. The lowest BCUT2D eigenvalue weighted by Crippen LogP contribution is -2.27. The molecule has 122 valence electrons. The Morgan fingerprint density at radius 2 is 1.70 bits per heavy atom. The van der Waals surface area contributed by atoms with E-state index >= 15 is 0 Å². The van der Waals surface area contributed by atoms with Crippen molar-refractivity contribution in [1.82, 2.24) is 0 Å². The van der Waals surface area contributed by atoms with Crippen LogP contribution in [0.15, 0.2) is 41.3 Å². The van der Waals surface area contributed by atoms with Crippen LogP contribution in [-0.4, -0.2) is 29.1 Å². The summed E-state index contributed by atoms with van der Waals surface area (Å²) in [6, 6.07) is 11.1. The predicted octanol–water partition coefficient (Wildman–Crippen LogP) is 3.12. The lowest BCUT2D eigenvalue weighted by molar-refractivity contribution is 0.594. The Hall–Kier alpha value is -2.01. The number of fused-ring (bicyclic) bond motifs is 1. The quantitative estimate of drug-likeness (QED) is 0.868. The molecule has 5 heteroatoms. The molecule has 4 nitrogen and oxygen atoms in total. The number of benzene rings is 2. The van der Waals surface area contributed by atoms with Crippen molar-refractivity contribution in [3.8, 4) is 0 Å². The van der Waals surface area contributed by atoms with Crippen LogP contribution in [0, 0.1) is 13.8 Å². The third-order valence-electron chi connectivity index (χ3n) is 4.47. The molecule has 2 aromatic rings. The summed E-state index contributed by atoms with van der Waals surface area (Å²) in [5.41, 5.74) is 5.13. The molecule has 0 fully saturated rings. The SMILES string of the molecule is Cc1ccc(S(=O)(=O)N(C)c2cc(C)cc3c2CCN3C)cc1. The monoisotopic (exact) mass is 330 g/mol. The third-order valence-corrected chi connectivity index (χ3v) is 6.26. The van der Waals surface area contributed by atoms with Crippen molar-refractivity contribution in [2.24, 2.45) is 0 Å². The number of hydrogen-bond acceptors (Lipinski definition) is 3. The Balaban J connectivity index is 2.09. The summed E-state index contributed by atoms with van der Waals surface area (Å²) in [5, 5.41) is 0. The van der Waals surface area contributed by atoms with Crippen molar-refractivity contribution in [3.05, 3.63) is 53.1 Å². The zero-order valence-corrected chi connectivity index (χ0v) is 14.8. The Labute approximate surface area is 138 Å². The molecule has 0 unspecified atom stereocenters. The molecular formula is C18H22N2O2S. The zero-order valence-electron chi connectivity index (χ0n) is 14.0. The van der Waals surface area contributed by atoms with Crippen LogP contribution in [0.5, 0.6) is 0 Å². The van der Waals surface area contributed by atoms with Gasteiger partial charge in [-0.05, 0) is 50.1 Å². The van der Waals surface area contributed by atoms with Gasteiger partial charge in [0.25, 0.3) is 10.0 Å². The highest BCUT2D eigenvalue weighted by molar-refractivity contribution is 7.92. The van der Waals surface area contributed by atoms with Gasteiger partial charge in [0.1, 0.15) is 0 Å². The average Bonchev–Trinajstić information content (AvgIpc) is 2.87. The second-order valence-electron chi connectivity index (χ2n) is 6.24. The molecule has 1 aliphatic rings. The van der Waals surface area contributed by atoms with Gasteiger partial charge >= 0.3 is 0 Å². The molecule has 0 spiro atoms. The van der Waals surface area contributed by atoms with E-state index in [-0.39, 0.29) is 0 Å². The summed E-state index contributed by atoms with van der Waals surface area (Å²) in [7, 11) is 0.137. The van der Waals surface area contributed by atoms with Gasteiger partial charge < -0.3 is 4.90 Å². The fourth-order valence-corrected chi connectivity index (χ4v) is 4.27. The Kier molecular flexibility index (Phi) is 3.84. The fraction of sp³-hybridized carbons (Fsp3) is 0.333. The van der Waals surface area contributed by atoms with Crippen LogP contribution in [0.2, 0.25) is 0 Å². The standard InChI is InChI=1S/C18H22N2O2S/c1-13-5-7-15(8-6-13)23(21,22)20(4)18-12-14(2)11-17-16(18)9-10-19(17)3/h5-8,11-12H,9-10H2,1-4H3. The molecule has 1 aliphatic heterocycles. The van der Waals surface area contributed by atoms with Crippen LogP contribution in [0.4, 0.5) is 11.4 Å². The number of anilines is 2. The second-order valence-corrected chi connectivity index (χ2v) is 8.21. The molecular weight excluding hydrogens is 308 g/mol. The first-order chi connectivity index (χ1) is 10.8. The van der Waals surface area contributed by atoms with Gasteiger partial charge in [-0.1, -0.05) is 17.7 Å². The van der Waals surface area contributed by atoms with Gasteiger partial charge in [-0.15, -0.1) is 0 Å². The van der Waals surface area contributed by atoms with E-state index < -0.39 is 10.0 Å². The van der Waals surface area contributed by atoms with Gasteiger partial charge in [0, 0.05) is 31.9 Å². The van der Waals surface area contributed by atoms with Crippen molar-refractivity contribution < 1.29 is 8.42 Å². The summed E-state index contributed by atoms with van der Waals surface area (Å²) in [4.78, 5) is 2.50. The Bertz CT molecular complexity index is 842. The van der Waals surface area contributed by atoms with E-state index in [0.29, 0.717) is 4.90 Å². The van der Waals surface area contributed by atoms with Crippen LogP contribution in [0.25, 0.3) is 0 Å². The average molecular weight is 330 g/mol. The molecule has 23 heavy (non-hydrogen) atoms. The van der Waals surface area contributed by atoms with Crippen molar-refractivity contribution in [3.63, 3.8) is 0 Å². The van der Waals surface area contributed by atoms with E-state index in [4.69, 9.17) is 0 Å². The van der Waals surface area contributed by atoms with E-state index in [1.54, 1.807) is 19.2 Å². The highest BCUT2D eigenvalue weighted by Gasteiger charge is 2.27. The topological polar surface area (TPSA) is 40.6 Å². The summed E-state index contributed by atoms with van der Waals surface area (Å²) in [6.45, 7) is 4.87. The molecule has 0 saturated heterocycles.